The normalized spacial score (nSPS) is 24.4. The Labute approximate surface area is 120 Å². The van der Waals surface area contributed by atoms with Crippen molar-refractivity contribution in [2.24, 2.45) is 11.7 Å². The summed E-state index contributed by atoms with van der Waals surface area (Å²) in [6.07, 6.45) is 3.56. The number of carboxylic acid groups (broad SMARTS) is 1. The van der Waals surface area contributed by atoms with Gasteiger partial charge >= 0.3 is 5.97 Å². The lowest BCUT2D eigenvalue weighted by Crippen LogP contribution is -2.54. The highest BCUT2D eigenvalue weighted by Gasteiger charge is 2.37. The quantitative estimate of drug-likeness (QED) is 0.677. The minimum absolute atomic E-state index is 0.247. The van der Waals surface area contributed by atoms with E-state index >= 15 is 0 Å². The van der Waals surface area contributed by atoms with Gasteiger partial charge in [0.05, 0.1) is 6.04 Å². The summed E-state index contributed by atoms with van der Waals surface area (Å²) in [4.78, 5) is 25.1. The highest BCUT2D eigenvalue weighted by atomic mass is 16.5. The number of aliphatic carboxylic acids is 1. The lowest BCUT2D eigenvalue weighted by atomic mass is 9.88. The standard InChI is InChI=1S/C14H26N2O4/c1-3-10-6-7-16(12(9-10)14(18)19)13(17)11(15)5-4-8-20-2/h10-12H,3-9,15H2,1-2H3,(H,18,19). The molecule has 0 aromatic heterocycles. The van der Waals surface area contributed by atoms with Crippen LogP contribution < -0.4 is 5.73 Å². The van der Waals surface area contributed by atoms with Crippen molar-refractivity contribution >= 4 is 11.9 Å². The number of carbonyl (C=O) groups excluding carboxylic acids is 1. The minimum atomic E-state index is -0.930. The molecule has 0 aromatic rings. The maximum atomic E-state index is 12.3. The fourth-order valence-corrected chi connectivity index (χ4v) is 2.69. The van der Waals surface area contributed by atoms with Crippen molar-refractivity contribution in [3.8, 4) is 0 Å². The Hall–Kier alpha value is -1.14. The molecule has 3 N–H and O–H groups in total. The van der Waals surface area contributed by atoms with Crippen LogP contribution in [0.5, 0.6) is 0 Å². The Kier molecular flexibility index (Phi) is 6.95. The summed E-state index contributed by atoms with van der Waals surface area (Å²) < 4.78 is 4.93. The van der Waals surface area contributed by atoms with E-state index in [1.807, 2.05) is 0 Å². The second-order valence-electron chi connectivity index (χ2n) is 5.43. The number of hydrogen-bond acceptors (Lipinski definition) is 4. The van der Waals surface area contributed by atoms with Gasteiger partial charge in [-0.25, -0.2) is 4.79 Å². The van der Waals surface area contributed by atoms with Gasteiger partial charge in [0.1, 0.15) is 6.04 Å². The lowest BCUT2D eigenvalue weighted by Gasteiger charge is -2.38. The van der Waals surface area contributed by atoms with E-state index in [2.05, 4.69) is 6.92 Å². The number of rotatable bonds is 7. The maximum Gasteiger partial charge on any atom is 0.326 e. The van der Waals surface area contributed by atoms with Gasteiger partial charge in [0.2, 0.25) is 5.91 Å². The van der Waals surface area contributed by atoms with Crippen molar-refractivity contribution in [2.45, 2.75) is 51.1 Å². The molecule has 1 aliphatic rings. The molecule has 3 atom stereocenters. The highest BCUT2D eigenvalue weighted by molar-refractivity contribution is 5.87. The van der Waals surface area contributed by atoms with Gasteiger partial charge in [-0.2, -0.15) is 0 Å². The number of ether oxygens (including phenoxy) is 1. The molecule has 0 radical (unpaired) electrons. The first kappa shape index (κ1) is 16.9. The first-order valence-corrected chi connectivity index (χ1v) is 7.29. The number of piperidine rings is 1. The Morgan fingerprint density at radius 2 is 2.20 bits per heavy atom. The second-order valence-corrected chi connectivity index (χ2v) is 5.43. The van der Waals surface area contributed by atoms with Crippen LogP contribution in [0.2, 0.25) is 0 Å². The molecule has 3 unspecified atom stereocenters. The lowest BCUT2D eigenvalue weighted by molar-refractivity contribution is -0.153. The molecule has 0 spiro atoms. The minimum Gasteiger partial charge on any atom is -0.480 e. The average Bonchev–Trinajstić information content (AvgIpc) is 2.45. The molecule has 116 valence electrons. The van der Waals surface area contributed by atoms with Gasteiger partial charge in [0.15, 0.2) is 0 Å². The van der Waals surface area contributed by atoms with E-state index in [9.17, 15) is 14.7 Å². The number of methoxy groups -OCH3 is 1. The third-order valence-corrected chi connectivity index (χ3v) is 4.04. The molecule has 20 heavy (non-hydrogen) atoms. The van der Waals surface area contributed by atoms with E-state index in [1.165, 1.54) is 4.90 Å². The zero-order valence-electron chi connectivity index (χ0n) is 12.4. The van der Waals surface area contributed by atoms with Crippen LogP contribution in [0.1, 0.15) is 39.0 Å². The number of hydrogen-bond donors (Lipinski definition) is 2. The van der Waals surface area contributed by atoms with E-state index in [-0.39, 0.29) is 5.91 Å². The van der Waals surface area contributed by atoms with Crippen LogP contribution in [0.4, 0.5) is 0 Å². The zero-order valence-corrected chi connectivity index (χ0v) is 12.4. The molecule has 0 aliphatic carbocycles. The molecule has 1 rings (SSSR count). The number of likely N-dealkylation sites (tertiary alicyclic amines) is 1. The smallest absolute Gasteiger partial charge is 0.326 e. The second kappa shape index (κ2) is 8.21. The third kappa shape index (κ3) is 4.45. The molecule has 0 saturated carbocycles. The van der Waals surface area contributed by atoms with E-state index < -0.39 is 18.1 Å². The summed E-state index contributed by atoms with van der Waals surface area (Å²) in [5.41, 5.74) is 5.88. The fourth-order valence-electron chi connectivity index (χ4n) is 2.69. The van der Waals surface area contributed by atoms with E-state index in [1.54, 1.807) is 7.11 Å². The van der Waals surface area contributed by atoms with Gasteiger partial charge in [-0.15, -0.1) is 0 Å². The first-order valence-electron chi connectivity index (χ1n) is 7.29. The van der Waals surface area contributed by atoms with Crippen LogP contribution in [-0.4, -0.2) is 54.2 Å². The van der Waals surface area contributed by atoms with E-state index in [4.69, 9.17) is 10.5 Å². The van der Waals surface area contributed by atoms with Gasteiger partial charge < -0.3 is 20.5 Å². The number of carboxylic acids is 1. The SMILES string of the molecule is CCC1CCN(C(=O)C(N)CCCOC)C(C(=O)O)C1. The summed E-state index contributed by atoms with van der Waals surface area (Å²) >= 11 is 0. The number of nitrogens with zero attached hydrogens (tertiary/aromatic N) is 1. The molecule has 1 fully saturated rings. The van der Waals surface area contributed by atoms with Crippen molar-refractivity contribution in [2.75, 3.05) is 20.3 Å². The van der Waals surface area contributed by atoms with Crippen LogP contribution in [0, 0.1) is 5.92 Å². The largest absolute Gasteiger partial charge is 0.480 e. The van der Waals surface area contributed by atoms with Gasteiger partial charge in [-0.3, -0.25) is 4.79 Å². The van der Waals surface area contributed by atoms with E-state index in [0.717, 1.165) is 12.8 Å². The Bertz CT molecular complexity index is 335. The molecule has 1 aliphatic heterocycles. The molecular weight excluding hydrogens is 260 g/mol. The predicted octanol–water partition coefficient (Wildman–Crippen LogP) is 0.842. The average molecular weight is 286 g/mol. The predicted molar refractivity (Wildman–Crippen MR) is 75.2 cm³/mol. The fraction of sp³-hybridized carbons (Fsp3) is 0.857. The van der Waals surface area contributed by atoms with Gasteiger partial charge in [0, 0.05) is 20.3 Å². The molecule has 0 bridgehead atoms. The monoisotopic (exact) mass is 286 g/mol. The van der Waals surface area contributed by atoms with E-state index in [0.29, 0.717) is 38.3 Å². The summed E-state index contributed by atoms with van der Waals surface area (Å²) in [5, 5.41) is 9.31. The molecule has 1 amide bonds. The maximum absolute atomic E-state index is 12.3. The third-order valence-electron chi connectivity index (χ3n) is 4.04. The summed E-state index contributed by atoms with van der Waals surface area (Å²) in [5.74, 6) is -0.798. The molecule has 1 saturated heterocycles. The van der Waals surface area contributed by atoms with Crippen molar-refractivity contribution in [1.29, 1.82) is 0 Å². The van der Waals surface area contributed by atoms with Crippen LogP contribution in [-0.2, 0) is 14.3 Å². The summed E-state index contributed by atoms with van der Waals surface area (Å²) in [6, 6.07) is -1.36. The molecule has 1 heterocycles. The Morgan fingerprint density at radius 3 is 2.75 bits per heavy atom. The topological polar surface area (TPSA) is 92.9 Å². The molecular formula is C14H26N2O4. The zero-order chi connectivity index (χ0) is 15.1. The van der Waals surface area contributed by atoms with Gasteiger partial charge in [0.25, 0.3) is 0 Å². The first-order chi connectivity index (χ1) is 9.51. The van der Waals surface area contributed by atoms with Crippen LogP contribution in [0.25, 0.3) is 0 Å². The summed E-state index contributed by atoms with van der Waals surface area (Å²) in [6.45, 7) is 3.10. The Balaban J connectivity index is 2.62. The van der Waals surface area contributed by atoms with Gasteiger partial charge in [-0.1, -0.05) is 13.3 Å². The number of amides is 1. The van der Waals surface area contributed by atoms with Crippen molar-refractivity contribution in [1.82, 2.24) is 4.90 Å². The highest BCUT2D eigenvalue weighted by Crippen LogP contribution is 2.26. The molecule has 6 heteroatoms. The van der Waals surface area contributed by atoms with Gasteiger partial charge in [-0.05, 0) is 31.6 Å². The number of carbonyl (C=O) groups is 2. The van der Waals surface area contributed by atoms with Crippen LogP contribution >= 0.6 is 0 Å². The molecule has 0 aromatic carbocycles. The van der Waals surface area contributed by atoms with Crippen LogP contribution in [0.15, 0.2) is 0 Å². The summed E-state index contributed by atoms with van der Waals surface area (Å²) in [7, 11) is 1.60. The Morgan fingerprint density at radius 1 is 1.50 bits per heavy atom. The molecule has 6 nitrogen and oxygen atoms in total. The van der Waals surface area contributed by atoms with Crippen LogP contribution in [0.3, 0.4) is 0 Å². The van der Waals surface area contributed by atoms with Crippen molar-refractivity contribution in [3.63, 3.8) is 0 Å². The van der Waals surface area contributed by atoms with Crippen molar-refractivity contribution in [3.05, 3.63) is 0 Å². The van der Waals surface area contributed by atoms with Crippen molar-refractivity contribution < 1.29 is 19.4 Å². The number of nitrogens with two attached hydrogens (primary N) is 1.